The fourth-order valence-electron chi connectivity index (χ4n) is 1.92. The molecule has 5 nitrogen and oxygen atoms in total. The maximum atomic E-state index is 11.9. The molecule has 124 valence electrons. The molecule has 0 radical (unpaired) electrons. The zero-order valence-electron chi connectivity index (χ0n) is 12.5. The van der Waals surface area contributed by atoms with Crippen molar-refractivity contribution >= 4 is 40.8 Å². The first-order valence-corrected chi connectivity index (χ1v) is 7.85. The largest absolute Gasteiger partial charge is 0.294 e. The average Bonchev–Trinajstić information content (AvgIpc) is 2.60. The van der Waals surface area contributed by atoms with Crippen LogP contribution in [0.1, 0.15) is 33.6 Å². The number of carbonyl (C=O) groups is 3. The van der Waals surface area contributed by atoms with Gasteiger partial charge in [-0.15, -0.1) is 0 Å². The SMILES string of the molecule is O=C(CCC(=O)c1ccccc1)NNC(=O)c1cc(Cl)ccc1Cl. The number of benzene rings is 2. The monoisotopic (exact) mass is 364 g/mol. The molecule has 0 aromatic heterocycles. The second-order valence-corrected chi connectivity index (χ2v) is 5.76. The number of halogens is 2. The molecular formula is C17H14Cl2N2O3. The molecule has 2 rings (SSSR count). The third kappa shape index (κ3) is 5.08. The average molecular weight is 365 g/mol. The fraction of sp³-hybridized carbons (Fsp3) is 0.118. The van der Waals surface area contributed by atoms with Gasteiger partial charge >= 0.3 is 0 Å². The van der Waals surface area contributed by atoms with E-state index in [9.17, 15) is 14.4 Å². The Hall–Kier alpha value is -2.37. The van der Waals surface area contributed by atoms with E-state index in [-0.39, 0.29) is 29.2 Å². The Morgan fingerprint density at radius 3 is 2.29 bits per heavy atom. The summed E-state index contributed by atoms with van der Waals surface area (Å²) in [5, 5.41) is 0.565. The van der Waals surface area contributed by atoms with Gasteiger partial charge in [-0.1, -0.05) is 53.5 Å². The zero-order valence-corrected chi connectivity index (χ0v) is 14.0. The topological polar surface area (TPSA) is 75.3 Å². The van der Waals surface area contributed by atoms with Crippen LogP contribution in [0.4, 0.5) is 0 Å². The molecular weight excluding hydrogens is 351 g/mol. The third-order valence-corrected chi connectivity index (χ3v) is 3.73. The highest BCUT2D eigenvalue weighted by Gasteiger charge is 2.13. The first-order chi connectivity index (χ1) is 11.5. The number of nitrogens with one attached hydrogen (secondary N) is 2. The van der Waals surface area contributed by atoms with Gasteiger partial charge < -0.3 is 0 Å². The molecule has 0 heterocycles. The van der Waals surface area contributed by atoms with E-state index >= 15 is 0 Å². The van der Waals surface area contributed by atoms with E-state index < -0.39 is 11.8 Å². The lowest BCUT2D eigenvalue weighted by atomic mass is 10.1. The van der Waals surface area contributed by atoms with Gasteiger partial charge in [0.15, 0.2) is 5.78 Å². The van der Waals surface area contributed by atoms with Crippen LogP contribution in [0, 0.1) is 0 Å². The Morgan fingerprint density at radius 1 is 0.875 bits per heavy atom. The predicted octanol–water partition coefficient (Wildman–Crippen LogP) is 3.42. The van der Waals surface area contributed by atoms with Crippen LogP contribution in [0.15, 0.2) is 48.5 Å². The normalized spacial score (nSPS) is 10.1. The van der Waals surface area contributed by atoms with Gasteiger partial charge in [-0.05, 0) is 18.2 Å². The quantitative estimate of drug-likeness (QED) is 0.630. The summed E-state index contributed by atoms with van der Waals surface area (Å²) in [7, 11) is 0. The molecule has 7 heteroatoms. The summed E-state index contributed by atoms with van der Waals surface area (Å²) in [5.41, 5.74) is 5.16. The summed E-state index contributed by atoms with van der Waals surface area (Å²) in [6, 6.07) is 13.1. The molecule has 2 N–H and O–H groups in total. The smallest absolute Gasteiger partial charge is 0.271 e. The van der Waals surface area contributed by atoms with E-state index in [0.717, 1.165) is 0 Å². The Morgan fingerprint density at radius 2 is 1.58 bits per heavy atom. The maximum absolute atomic E-state index is 11.9. The molecule has 2 aromatic rings. The van der Waals surface area contributed by atoms with Crippen LogP contribution in [0.3, 0.4) is 0 Å². The van der Waals surface area contributed by atoms with Crippen LogP contribution >= 0.6 is 23.2 Å². The number of hydrazine groups is 1. The Bertz CT molecular complexity index is 764. The van der Waals surface area contributed by atoms with Crippen molar-refractivity contribution in [3.8, 4) is 0 Å². The van der Waals surface area contributed by atoms with E-state index in [1.165, 1.54) is 12.1 Å². The van der Waals surface area contributed by atoms with Gasteiger partial charge in [-0.3, -0.25) is 25.2 Å². The van der Waals surface area contributed by atoms with Gasteiger partial charge in [0.25, 0.3) is 5.91 Å². The molecule has 2 amide bonds. The van der Waals surface area contributed by atoms with Crippen molar-refractivity contribution in [2.75, 3.05) is 0 Å². The van der Waals surface area contributed by atoms with Crippen LogP contribution < -0.4 is 10.9 Å². The lowest BCUT2D eigenvalue weighted by molar-refractivity contribution is -0.121. The second-order valence-electron chi connectivity index (χ2n) is 4.92. The second kappa shape index (κ2) is 8.47. The summed E-state index contributed by atoms with van der Waals surface area (Å²) in [6.07, 6.45) is 0.000917. The van der Waals surface area contributed by atoms with E-state index in [2.05, 4.69) is 10.9 Å². The molecule has 0 spiro atoms. The van der Waals surface area contributed by atoms with Crippen LogP contribution in [0.2, 0.25) is 10.0 Å². The van der Waals surface area contributed by atoms with E-state index in [0.29, 0.717) is 10.6 Å². The van der Waals surface area contributed by atoms with Crippen LogP contribution in [0.5, 0.6) is 0 Å². The minimum absolute atomic E-state index is 0.0444. The first kappa shape index (κ1) is 18.0. The van der Waals surface area contributed by atoms with E-state index in [1.54, 1.807) is 36.4 Å². The predicted molar refractivity (Wildman–Crippen MR) is 92.1 cm³/mol. The molecule has 24 heavy (non-hydrogen) atoms. The summed E-state index contributed by atoms with van der Waals surface area (Å²) >= 11 is 11.7. The molecule has 2 aromatic carbocycles. The summed E-state index contributed by atoms with van der Waals surface area (Å²) < 4.78 is 0. The number of carbonyl (C=O) groups excluding carboxylic acids is 3. The summed E-state index contributed by atoms with van der Waals surface area (Å²) in [4.78, 5) is 35.6. The number of amides is 2. The van der Waals surface area contributed by atoms with E-state index in [1.807, 2.05) is 0 Å². The first-order valence-electron chi connectivity index (χ1n) is 7.10. The third-order valence-electron chi connectivity index (χ3n) is 3.16. The molecule has 0 atom stereocenters. The molecule has 0 bridgehead atoms. The standard InChI is InChI=1S/C17H14Cl2N2O3/c18-12-6-7-14(19)13(10-12)17(24)21-20-16(23)9-8-15(22)11-4-2-1-3-5-11/h1-7,10H,8-9H2,(H,20,23)(H,21,24). The minimum Gasteiger partial charge on any atom is -0.294 e. The molecule has 0 fully saturated rings. The minimum atomic E-state index is -0.592. The lowest BCUT2D eigenvalue weighted by Gasteiger charge is -2.08. The van der Waals surface area contributed by atoms with E-state index in [4.69, 9.17) is 23.2 Å². The highest BCUT2D eigenvalue weighted by atomic mass is 35.5. The summed E-state index contributed by atoms with van der Waals surface area (Å²) in [6.45, 7) is 0. The molecule has 0 saturated heterocycles. The van der Waals surface area contributed by atoms with Crippen molar-refractivity contribution < 1.29 is 14.4 Å². The number of rotatable bonds is 5. The van der Waals surface area contributed by atoms with Gasteiger partial charge in [0.05, 0.1) is 10.6 Å². The molecule has 0 aliphatic rings. The number of Topliss-reactive ketones (excluding diaryl/α,β-unsaturated/α-hetero) is 1. The zero-order chi connectivity index (χ0) is 17.5. The molecule has 0 unspecified atom stereocenters. The highest BCUT2D eigenvalue weighted by molar-refractivity contribution is 6.35. The lowest BCUT2D eigenvalue weighted by Crippen LogP contribution is -2.41. The van der Waals surface area contributed by atoms with Gasteiger partial charge in [-0.2, -0.15) is 0 Å². The van der Waals surface area contributed by atoms with Crippen molar-refractivity contribution in [1.82, 2.24) is 10.9 Å². The van der Waals surface area contributed by atoms with Crippen LogP contribution in [0.25, 0.3) is 0 Å². The van der Waals surface area contributed by atoms with Crippen LogP contribution in [-0.4, -0.2) is 17.6 Å². The van der Waals surface area contributed by atoms with Crippen molar-refractivity contribution in [3.63, 3.8) is 0 Å². The van der Waals surface area contributed by atoms with Crippen molar-refractivity contribution in [2.24, 2.45) is 0 Å². The van der Waals surface area contributed by atoms with Crippen molar-refractivity contribution in [3.05, 3.63) is 69.7 Å². The molecule has 0 aliphatic heterocycles. The Balaban J connectivity index is 1.82. The van der Waals surface area contributed by atoms with Gasteiger partial charge in [0.2, 0.25) is 5.91 Å². The van der Waals surface area contributed by atoms with Gasteiger partial charge in [0, 0.05) is 23.4 Å². The number of ketones is 1. The Labute approximate surface area is 148 Å². The molecule has 0 aliphatic carbocycles. The van der Waals surface area contributed by atoms with Gasteiger partial charge in [-0.25, -0.2) is 0 Å². The van der Waals surface area contributed by atoms with Crippen molar-refractivity contribution in [1.29, 1.82) is 0 Å². The maximum Gasteiger partial charge on any atom is 0.271 e. The van der Waals surface area contributed by atoms with Gasteiger partial charge in [0.1, 0.15) is 0 Å². The number of hydrogen-bond donors (Lipinski definition) is 2. The van der Waals surface area contributed by atoms with Crippen molar-refractivity contribution in [2.45, 2.75) is 12.8 Å². The summed E-state index contributed by atoms with van der Waals surface area (Å²) in [5.74, 6) is -1.22. The number of hydrogen-bond acceptors (Lipinski definition) is 3. The Kier molecular flexibility index (Phi) is 6.35. The molecule has 0 saturated carbocycles. The van der Waals surface area contributed by atoms with Crippen LogP contribution in [-0.2, 0) is 4.79 Å². The fourth-order valence-corrected chi connectivity index (χ4v) is 2.30. The highest BCUT2D eigenvalue weighted by Crippen LogP contribution is 2.20.